The van der Waals surface area contributed by atoms with E-state index in [4.69, 9.17) is 26.4 Å². The van der Waals surface area contributed by atoms with Crippen molar-refractivity contribution in [2.24, 2.45) is 0 Å². The highest BCUT2D eigenvalue weighted by Gasteiger charge is 2.30. The van der Waals surface area contributed by atoms with Gasteiger partial charge in [-0.2, -0.15) is 0 Å². The Labute approximate surface area is 180 Å². The van der Waals surface area contributed by atoms with Gasteiger partial charge < -0.3 is 14.2 Å². The number of methoxy groups -OCH3 is 1. The van der Waals surface area contributed by atoms with Gasteiger partial charge in [-0.05, 0) is 31.2 Å². The molecule has 7 heteroatoms. The molecule has 0 bridgehead atoms. The maximum atomic E-state index is 12.4. The molecule has 0 saturated carbocycles. The Morgan fingerprint density at radius 1 is 1.00 bits per heavy atom. The smallest absolute Gasteiger partial charge is 0.266 e. The van der Waals surface area contributed by atoms with Crippen LogP contribution in [0.4, 0.5) is 0 Å². The van der Waals surface area contributed by atoms with E-state index in [9.17, 15) is 4.79 Å². The van der Waals surface area contributed by atoms with Gasteiger partial charge in [-0.1, -0.05) is 54.3 Å². The van der Waals surface area contributed by atoms with Crippen LogP contribution in [0.2, 0.25) is 0 Å². The lowest BCUT2D eigenvalue weighted by atomic mass is 10.2. The van der Waals surface area contributed by atoms with Crippen LogP contribution in [0.5, 0.6) is 17.2 Å². The Bertz CT molecular complexity index is 913. The molecule has 0 N–H and O–H groups in total. The Morgan fingerprint density at radius 2 is 1.62 bits per heavy atom. The highest BCUT2D eigenvalue weighted by molar-refractivity contribution is 8.26. The fourth-order valence-electron chi connectivity index (χ4n) is 2.81. The zero-order chi connectivity index (χ0) is 20.6. The fraction of sp³-hybridized carbons (Fsp3) is 0.273. The third-order valence-corrected chi connectivity index (χ3v) is 5.65. The topological polar surface area (TPSA) is 48.0 Å². The minimum atomic E-state index is -0.0532. The molecule has 0 spiro atoms. The van der Waals surface area contributed by atoms with Crippen LogP contribution in [-0.4, -0.2) is 42.0 Å². The quantitative estimate of drug-likeness (QED) is 0.325. The summed E-state index contributed by atoms with van der Waals surface area (Å²) >= 11 is 6.60. The number of para-hydroxylation sites is 3. The number of hydrogen-bond acceptors (Lipinski definition) is 6. The lowest BCUT2D eigenvalue weighted by Crippen LogP contribution is -2.27. The third-order valence-electron chi connectivity index (χ3n) is 4.27. The molecule has 0 unspecified atom stereocenters. The van der Waals surface area contributed by atoms with Crippen LogP contribution in [0.25, 0.3) is 6.08 Å². The molecule has 1 fully saturated rings. The summed E-state index contributed by atoms with van der Waals surface area (Å²) in [5.74, 6) is 2.10. The van der Waals surface area contributed by atoms with E-state index in [2.05, 4.69) is 0 Å². The Morgan fingerprint density at radius 3 is 2.28 bits per heavy atom. The van der Waals surface area contributed by atoms with Crippen molar-refractivity contribution in [3.63, 3.8) is 0 Å². The number of ether oxygens (including phenoxy) is 3. The van der Waals surface area contributed by atoms with Gasteiger partial charge in [0.2, 0.25) is 0 Å². The number of nitrogens with zero attached hydrogens (tertiary/aromatic N) is 1. The predicted octanol–water partition coefficient (Wildman–Crippen LogP) is 4.76. The summed E-state index contributed by atoms with van der Waals surface area (Å²) in [7, 11) is 1.62. The molecule has 2 aromatic carbocycles. The molecule has 0 radical (unpaired) electrons. The Balaban J connectivity index is 1.57. The van der Waals surface area contributed by atoms with Crippen LogP contribution in [0.3, 0.4) is 0 Å². The number of hydrogen-bond donors (Lipinski definition) is 0. The van der Waals surface area contributed by atoms with E-state index >= 15 is 0 Å². The normalized spacial score (nSPS) is 15.1. The average molecular weight is 430 g/mol. The summed E-state index contributed by atoms with van der Waals surface area (Å²) in [6.45, 7) is 3.50. The van der Waals surface area contributed by atoms with Gasteiger partial charge in [0.25, 0.3) is 5.91 Å². The molecule has 0 aliphatic carbocycles. The summed E-state index contributed by atoms with van der Waals surface area (Å²) < 4.78 is 17.6. The molecule has 0 aromatic heterocycles. The molecule has 1 aliphatic heterocycles. The van der Waals surface area contributed by atoms with E-state index < -0.39 is 0 Å². The summed E-state index contributed by atoms with van der Waals surface area (Å²) in [5.41, 5.74) is 0.856. The van der Waals surface area contributed by atoms with E-state index in [0.29, 0.717) is 46.9 Å². The van der Waals surface area contributed by atoms with Crippen molar-refractivity contribution >= 4 is 40.3 Å². The van der Waals surface area contributed by atoms with Crippen molar-refractivity contribution < 1.29 is 19.0 Å². The largest absolute Gasteiger partial charge is 0.493 e. The predicted molar refractivity (Wildman–Crippen MR) is 121 cm³/mol. The minimum absolute atomic E-state index is 0.0532. The van der Waals surface area contributed by atoms with E-state index in [1.165, 1.54) is 11.8 Å². The van der Waals surface area contributed by atoms with E-state index in [1.807, 2.05) is 61.5 Å². The number of amides is 1. The molecule has 1 amide bonds. The van der Waals surface area contributed by atoms with Crippen molar-refractivity contribution in [1.82, 2.24) is 4.90 Å². The fourth-order valence-corrected chi connectivity index (χ4v) is 4.18. The van der Waals surface area contributed by atoms with E-state index in [0.717, 1.165) is 11.3 Å². The Kier molecular flexibility index (Phi) is 7.55. The molecule has 0 atom stereocenters. The number of thiocarbonyl (C=S) groups is 1. The molecule has 1 saturated heterocycles. The highest BCUT2D eigenvalue weighted by atomic mass is 32.2. The number of carbonyl (C=O) groups excluding carboxylic acids is 1. The SMILES string of the molecule is CCN1C(=O)/C(=C\c2ccccc2OCCCOc2ccccc2OC)SC1=S. The molecule has 5 nitrogen and oxygen atoms in total. The van der Waals surface area contributed by atoms with Crippen molar-refractivity contribution in [2.45, 2.75) is 13.3 Å². The average Bonchev–Trinajstić information content (AvgIpc) is 3.01. The third kappa shape index (κ3) is 5.31. The van der Waals surface area contributed by atoms with Gasteiger partial charge in [0.1, 0.15) is 10.1 Å². The lowest BCUT2D eigenvalue weighted by molar-refractivity contribution is -0.121. The number of rotatable bonds is 9. The van der Waals surface area contributed by atoms with Crippen molar-refractivity contribution in [2.75, 3.05) is 26.9 Å². The standard InChI is InChI=1S/C22H23NO4S2/c1-3-23-21(24)20(29-22(23)28)15-16-9-4-5-10-17(16)26-13-8-14-27-19-12-7-6-11-18(19)25-2/h4-7,9-12,15H,3,8,13-14H2,1-2H3/b20-15+. The first-order valence-corrected chi connectivity index (χ1v) is 10.6. The molecule has 3 rings (SSSR count). The summed E-state index contributed by atoms with van der Waals surface area (Å²) in [5, 5.41) is 0. The maximum absolute atomic E-state index is 12.4. The second-order valence-electron chi connectivity index (χ2n) is 6.17. The van der Waals surface area contributed by atoms with Gasteiger partial charge in [0.15, 0.2) is 11.5 Å². The second kappa shape index (κ2) is 10.3. The first-order chi connectivity index (χ1) is 14.1. The maximum Gasteiger partial charge on any atom is 0.266 e. The number of thioether (sulfide) groups is 1. The van der Waals surface area contributed by atoms with E-state index in [-0.39, 0.29) is 5.91 Å². The van der Waals surface area contributed by atoms with Gasteiger partial charge in [-0.25, -0.2) is 0 Å². The van der Waals surface area contributed by atoms with Gasteiger partial charge in [0, 0.05) is 18.5 Å². The van der Waals surface area contributed by atoms with Crippen LogP contribution in [0.1, 0.15) is 18.9 Å². The monoisotopic (exact) mass is 429 g/mol. The van der Waals surface area contributed by atoms with Gasteiger partial charge in [-0.15, -0.1) is 0 Å². The number of likely N-dealkylation sites (N-methyl/N-ethyl adjacent to an activating group) is 1. The zero-order valence-corrected chi connectivity index (χ0v) is 18.1. The highest BCUT2D eigenvalue weighted by Crippen LogP contribution is 2.34. The second-order valence-corrected chi connectivity index (χ2v) is 7.84. The van der Waals surface area contributed by atoms with Crippen LogP contribution < -0.4 is 14.2 Å². The molecular weight excluding hydrogens is 406 g/mol. The molecule has 29 heavy (non-hydrogen) atoms. The molecule has 1 aliphatic rings. The van der Waals surface area contributed by atoms with Crippen molar-refractivity contribution in [3.8, 4) is 17.2 Å². The van der Waals surface area contributed by atoms with Gasteiger partial charge in [0.05, 0.1) is 25.2 Å². The van der Waals surface area contributed by atoms with Crippen LogP contribution in [0.15, 0.2) is 53.4 Å². The Hall–Kier alpha value is -2.51. The molecule has 1 heterocycles. The van der Waals surface area contributed by atoms with Crippen molar-refractivity contribution in [3.05, 3.63) is 59.0 Å². The zero-order valence-electron chi connectivity index (χ0n) is 16.4. The van der Waals surface area contributed by atoms with Crippen LogP contribution >= 0.6 is 24.0 Å². The summed E-state index contributed by atoms with van der Waals surface area (Å²) in [4.78, 5) is 14.7. The lowest BCUT2D eigenvalue weighted by Gasteiger charge is -2.12. The first kappa shape index (κ1) is 21.2. The van der Waals surface area contributed by atoms with Crippen LogP contribution in [-0.2, 0) is 4.79 Å². The van der Waals surface area contributed by atoms with E-state index in [1.54, 1.807) is 12.0 Å². The molecular formula is C22H23NO4S2. The van der Waals surface area contributed by atoms with Gasteiger partial charge in [-0.3, -0.25) is 9.69 Å². The number of benzene rings is 2. The summed E-state index contributed by atoms with van der Waals surface area (Å²) in [6, 6.07) is 15.2. The number of carbonyl (C=O) groups is 1. The molecule has 2 aromatic rings. The summed E-state index contributed by atoms with van der Waals surface area (Å²) in [6.07, 6.45) is 2.56. The van der Waals surface area contributed by atoms with Crippen molar-refractivity contribution in [1.29, 1.82) is 0 Å². The van der Waals surface area contributed by atoms with Crippen LogP contribution in [0, 0.1) is 0 Å². The molecule has 152 valence electrons. The minimum Gasteiger partial charge on any atom is -0.493 e. The first-order valence-electron chi connectivity index (χ1n) is 9.37. The van der Waals surface area contributed by atoms with Gasteiger partial charge >= 0.3 is 0 Å².